The molecule has 0 radical (unpaired) electrons. The number of nitrogens with one attached hydrogen (secondary N) is 1. The molecular formula is C13H26N2O3S. The van der Waals surface area contributed by atoms with E-state index in [0.29, 0.717) is 6.42 Å². The summed E-state index contributed by atoms with van der Waals surface area (Å²) in [5, 5.41) is 2.90. The minimum atomic E-state index is -2.98. The number of carbonyl (C=O) groups excluding carboxylic acids is 1. The van der Waals surface area contributed by atoms with Crippen molar-refractivity contribution in [3.8, 4) is 0 Å². The number of carbonyl (C=O) groups is 1. The summed E-state index contributed by atoms with van der Waals surface area (Å²) in [6.07, 6.45) is 3.12. The third kappa shape index (κ3) is 5.48. The molecule has 1 aliphatic heterocycles. The zero-order chi connectivity index (χ0) is 14.7. The van der Waals surface area contributed by atoms with Crippen molar-refractivity contribution in [1.29, 1.82) is 0 Å². The van der Waals surface area contributed by atoms with Crippen LogP contribution in [0.25, 0.3) is 0 Å². The Morgan fingerprint density at radius 2 is 2.00 bits per heavy atom. The Balaban J connectivity index is 2.42. The summed E-state index contributed by atoms with van der Waals surface area (Å²) in [6, 6.07) is 0.160. The highest BCUT2D eigenvalue weighted by molar-refractivity contribution is 7.91. The van der Waals surface area contributed by atoms with E-state index >= 15 is 0 Å². The summed E-state index contributed by atoms with van der Waals surface area (Å²) in [4.78, 5) is 12.1. The van der Waals surface area contributed by atoms with E-state index in [1.54, 1.807) is 0 Å². The van der Waals surface area contributed by atoms with Gasteiger partial charge >= 0.3 is 0 Å². The summed E-state index contributed by atoms with van der Waals surface area (Å²) >= 11 is 0. The monoisotopic (exact) mass is 290 g/mol. The topological polar surface area (TPSA) is 89.3 Å². The van der Waals surface area contributed by atoms with Crippen LogP contribution < -0.4 is 11.1 Å². The van der Waals surface area contributed by atoms with Crippen LogP contribution in [0.1, 0.15) is 46.5 Å². The molecule has 3 N–H and O–H groups in total. The molecule has 1 saturated heterocycles. The van der Waals surface area contributed by atoms with E-state index in [2.05, 4.69) is 5.32 Å². The first-order valence-electron chi connectivity index (χ1n) is 6.92. The first-order chi connectivity index (χ1) is 8.64. The van der Waals surface area contributed by atoms with E-state index in [1.165, 1.54) is 0 Å². The van der Waals surface area contributed by atoms with E-state index in [1.807, 2.05) is 20.8 Å². The number of sulfone groups is 1. The molecule has 0 saturated carbocycles. The van der Waals surface area contributed by atoms with Gasteiger partial charge < -0.3 is 11.1 Å². The molecule has 5 nitrogen and oxygen atoms in total. The Kier molecular flexibility index (Phi) is 5.38. The van der Waals surface area contributed by atoms with Crippen LogP contribution in [0.5, 0.6) is 0 Å². The van der Waals surface area contributed by atoms with Crippen molar-refractivity contribution in [3.63, 3.8) is 0 Å². The number of amides is 1. The molecule has 0 aliphatic carbocycles. The van der Waals surface area contributed by atoms with Crippen molar-refractivity contribution in [2.45, 2.75) is 58.0 Å². The van der Waals surface area contributed by atoms with Crippen LogP contribution >= 0.6 is 0 Å². The molecule has 0 aromatic rings. The first-order valence-corrected chi connectivity index (χ1v) is 8.74. The maximum atomic E-state index is 12.1. The average Bonchev–Trinajstić information content (AvgIpc) is 2.51. The minimum Gasteiger partial charge on any atom is -0.350 e. The van der Waals surface area contributed by atoms with Gasteiger partial charge in [-0.25, -0.2) is 8.42 Å². The summed E-state index contributed by atoms with van der Waals surface area (Å²) in [5.41, 5.74) is 5.08. The van der Waals surface area contributed by atoms with Gasteiger partial charge in [-0.1, -0.05) is 13.3 Å². The molecular weight excluding hydrogens is 264 g/mol. The van der Waals surface area contributed by atoms with E-state index < -0.39 is 15.4 Å². The largest absolute Gasteiger partial charge is 0.350 e. The van der Waals surface area contributed by atoms with Gasteiger partial charge in [0.05, 0.1) is 17.0 Å². The quantitative estimate of drug-likeness (QED) is 0.758. The number of hydrogen-bond donors (Lipinski definition) is 2. The van der Waals surface area contributed by atoms with Gasteiger partial charge in [-0.05, 0) is 33.1 Å². The van der Waals surface area contributed by atoms with Crippen molar-refractivity contribution in [2.24, 2.45) is 11.7 Å². The van der Waals surface area contributed by atoms with Crippen LogP contribution in [0.15, 0.2) is 0 Å². The molecule has 0 bridgehead atoms. The Morgan fingerprint density at radius 1 is 1.37 bits per heavy atom. The third-order valence-corrected chi connectivity index (χ3v) is 5.58. The van der Waals surface area contributed by atoms with Gasteiger partial charge in [0, 0.05) is 12.0 Å². The van der Waals surface area contributed by atoms with Gasteiger partial charge in [0.1, 0.15) is 0 Å². The molecule has 0 aromatic carbocycles. The lowest BCUT2D eigenvalue weighted by Crippen LogP contribution is -2.48. The van der Waals surface area contributed by atoms with E-state index in [0.717, 1.165) is 19.3 Å². The second-order valence-electron chi connectivity index (χ2n) is 6.20. The smallest absolute Gasteiger partial charge is 0.223 e. The lowest BCUT2D eigenvalue weighted by molar-refractivity contribution is -0.126. The zero-order valence-electron chi connectivity index (χ0n) is 12.1. The van der Waals surface area contributed by atoms with E-state index in [-0.39, 0.29) is 29.4 Å². The molecule has 112 valence electrons. The molecule has 1 rings (SSSR count). The van der Waals surface area contributed by atoms with Crippen molar-refractivity contribution >= 4 is 15.7 Å². The Morgan fingerprint density at radius 3 is 2.47 bits per heavy atom. The van der Waals surface area contributed by atoms with Crippen LogP contribution in [0.4, 0.5) is 0 Å². The first kappa shape index (κ1) is 16.4. The average molecular weight is 290 g/mol. The zero-order valence-corrected chi connectivity index (χ0v) is 12.9. The maximum Gasteiger partial charge on any atom is 0.223 e. The van der Waals surface area contributed by atoms with Gasteiger partial charge in [-0.15, -0.1) is 0 Å². The lowest BCUT2D eigenvalue weighted by Gasteiger charge is -2.26. The van der Waals surface area contributed by atoms with Crippen LogP contribution in [0.2, 0.25) is 0 Å². The molecule has 19 heavy (non-hydrogen) atoms. The van der Waals surface area contributed by atoms with Crippen LogP contribution in [0.3, 0.4) is 0 Å². The summed E-state index contributed by atoms with van der Waals surface area (Å²) in [7, 11) is -2.98. The third-order valence-electron chi connectivity index (χ3n) is 3.67. The number of hydrogen-bond acceptors (Lipinski definition) is 4. The van der Waals surface area contributed by atoms with Gasteiger partial charge in [0.25, 0.3) is 0 Å². The summed E-state index contributed by atoms with van der Waals surface area (Å²) in [6.45, 7) is 5.64. The highest BCUT2D eigenvalue weighted by atomic mass is 32.2. The maximum absolute atomic E-state index is 12.1. The second-order valence-corrected chi connectivity index (χ2v) is 8.39. The van der Waals surface area contributed by atoms with Crippen molar-refractivity contribution < 1.29 is 13.2 Å². The molecule has 3 unspecified atom stereocenters. The predicted molar refractivity (Wildman–Crippen MR) is 76.5 cm³/mol. The number of nitrogens with two attached hydrogens (primary N) is 1. The molecule has 1 aliphatic rings. The van der Waals surface area contributed by atoms with Crippen molar-refractivity contribution in [1.82, 2.24) is 5.32 Å². The van der Waals surface area contributed by atoms with E-state index in [9.17, 15) is 13.2 Å². The molecule has 0 aromatic heterocycles. The summed E-state index contributed by atoms with van der Waals surface area (Å²) < 4.78 is 23.0. The van der Waals surface area contributed by atoms with Gasteiger partial charge in [-0.2, -0.15) is 0 Å². The molecule has 6 heteroatoms. The lowest BCUT2D eigenvalue weighted by atomic mass is 9.97. The minimum absolute atomic E-state index is 0.0516. The highest BCUT2D eigenvalue weighted by Crippen LogP contribution is 2.23. The van der Waals surface area contributed by atoms with Crippen LogP contribution in [-0.4, -0.2) is 37.4 Å². The van der Waals surface area contributed by atoms with Gasteiger partial charge in [-0.3, -0.25) is 4.79 Å². The Hall–Kier alpha value is -0.620. The fourth-order valence-corrected chi connectivity index (χ4v) is 4.50. The van der Waals surface area contributed by atoms with Gasteiger partial charge in [0.15, 0.2) is 9.84 Å². The fourth-order valence-electron chi connectivity index (χ4n) is 2.41. The predicted octanol–water partition coefficient (Wildman–Crippen LogP) is 0.833. The van der Waals surface area contributed by atoms with E-state index in [4.69, 9.17) is 5.73 Å². The normalized spacial score (nSPS) is 28.8. The number of rotatable bonds is 6. The molecule has 0 spiro atoms. The molecule has 1 amide bonds. The molecule has 1 fully saturated rings. The Bertz CT molecular complexity index is 420. The molecule has 1 heterocycles. The van der Waals surface area contributed by atoms with Crippen molar-refractivity contribution in [3.05, 3.63) is 0 Å². The van der Waals surface area contributed by atoms with Crippen molar-refractivity contribution in [2.75, 3.05) is 11.5 Å². The van der Waals surface area contributed by atoms with Crippen LogP contribution in [0, 0.1) is 5.92 Å². The second kappa shape index (κ2) is 6.22. The SMILES string of the molecule is CC(N)CCCC(C)C(=O)NC1(C)CCS(=O)(=O)C1. The highest BCUT2D eigenvalue weighted by Gasteiger charge is 2.39. The molecule has 3 atom stereocenters. The Labute approximate surface area is 116 Å². The standard InChI is InChI=1S/C13H26N2O3S/c1-10(5-4-6-11(2)14)12(16)15-13(3)7-8-19(17,18)9-13/h10-11H,4-9,14H2,1-3H3,(H,15,16). The fraction of sp³-hybridized carbons (Fsp3) is 0.923. The van der Waals surface area contributed by atoms with Gasteiger partial charge in [0.2, 0.25) is 5.91 Å². The van der Waals surface area contributed by atoms with Crippen LogP contribution in [-0.2, 0) is 14.6 Å². The summed E-state index contributed by atoms with van der Waals surface area (Å²) in [5.74, 6) is 0.0735.